The number of rotatable bonds is 5. The molecule has 0 heterocycles. The van der Waals surface area contributed by atoms with Crippen LogP contribution in [-0.2, 0) is 4.79 Å². The standard InChI is InChI=1S/C16H17NO3/c1-11(16(19)20)17-15(12-5-3-2-4-6-12)13-7-9-14(18)10-8-13/h2-11,15,17-18H,1H3,(H,19,20). The molecule has 0 aliphatic heterocycles. The van der Waals surface area contributed by atoms with Gasteiger partial charge in [-0.2, -0.15) is 0 Å². The molecule has 0 saturated carbocycles. The maximum atomic E-state index is 11.0. The van der Waals surface area contributed by atoms with Gasteiger partial charge < -0.3 is 10.2 Å². The zero-order valence-electron chi connectivity index (χ0n) is 11.2. The van der Waals surface area contributed by atoms with Gasteiger partial charge in [-0.3, -0.25) is 10.1 Å². The lowest BCUT2D eigenvalue weighted by atomic mass is 9.98. The number of benzene rings is 2. The first kappa shape index (κ1) is 14.1. The van der Waals surface area contributed by atoms with Crippen LogP contribution < -0.4 is 5.32 Å². The van der Waals surface area contributed by atoms with Crippen molar-refractivity contribution in [1.29, 1.82) is 0 Å². The van der Waals surface area contributed by atoms with Crippen LogP contribution in [0.5, 0.6) is 5.75 Å². The van der Waals surface area contributed by atoms with Crippen LogP contribution in [0.3, 0.4) is 0 Å². The van der Waals surface area contributed by atoms with Crippen molar-refractivity contribution in [2.24, 2.45) is 0 Å². The Morgan fingerprint density at radius 1 is 1.00 bits per heavy atom. The summed E-state index contributed by atoms with van der Waals surface area (Å²) in [5.41, 5.74) is 1.88. The van der Waals surface area contributed by atoms with Crippen molar-refractivity contribution in [3.63, 3.8) is 0 Å². The van der Waals surface area contributed by atoms with E-state index in [9.17, 15) is 9.90 Å². The number of hydrogen-bond donors (Lipinski definition) is 3. The van der Waals surface area contributed by atoms with Gasteiger partial charge in [0.1, 0.15) is 11.8 Å². The fourth-order valence-electron chi connectivity index (χ4n) is 2.02. The lowest BCUT2D eigenvalue weighted by Gasteiger charge is -2.22. The van der Waals surface area contributed by atoms with E-state index in [2.05, 4.69) is 5.32 Å². The number of carboxylic acid groups (broad SMARTS) is 1. The van der Waals surface area contributed by atoms with Crippen LogP contribution >= 0.6 is 0 Å². The summed E-state index contributed by atoms with van der Waals surface area (Å²) in [5, 5.41) is 21.5. The van der Waals surface area contributed by atoms with E-state index in [0.717, 1.165) is 11.1 Å². The van der Waals surface area contributed by atoms with Gasteiger partial charge in [-0.05, 0) is 30.2 Å². The van der Waals surface area contributed by atoms with Crippen LogP contribution in [0.2, 0.25) is 0 Å². The second-order valence-electron chi connectivity index (χ2n) is 4.66. The molecule has 104 valence electrons. The quantitative estimate of drug-likeness (QED) is 0.781. The smallest absolute Gasteiger partial charge is 0.320 e. The molecule has 4 heteroatoms. The molecule has 2 aromatic carbocycles. The molecule has 0 spiro atoms. The highest BCUT2D eigenvalue weighted by Gasteiger charge is 2.19. The number of aliphatic carboxylic acids is 1. The third-order valence-electron chi connectivity index (χ3n) is 3.15. The van der Waals surface area contributed by atoms with E-state index >= 15 is 0 Å². The Labute approximate surface area is 117 Å². The van der Waals surface area contributed by atoms with E-state index in [4.69, 9.17) is 5.11 Å². The first-order chi connectivity index (χ1) is 9.58. The molecule has 4 nitrogen and oxygen atoms in total. The summed E-state index contributed by atoms with van der Waals surface area (Å²) in [6.45, 7) is 1.61. The summed E-state index contributed by atoms with van der Waals surface area (Å²) in [7, 11) is 0. The number of phenols is 1. The molecule has 0 fully saturated rings. The molecule has 0 aliphatic rings. The summed E-state index contributed by atoms with van der Waals surface area (Å²) in [4.78, 5) is 11.0. The van der Waals surface area contributed by atoms with Crippen LogP contribution in [0.15, 0.2) is 54.6 Å². The normalized spacial score (nSPS) is 13.7. The monoisotopic (exact) mass is 271 g/mol. The Hall–Kier alpha value is -2.33. The minimum atomic E-state index is -0.898. The average molecular weight is 271 g/mol. The van der Waals surface area contributed by atoms with Crippen molar-refractivity contribution in [2.45, 2.75) is 19.0 Å². The van der Waals surface area contributed by atoms with Crippen molar-refractivity contribution >= 4 is 5.97 Å². The summed E-state index contributed by atoms with van der Waals surface area (Å²) in [6.07, 6.45) is 0. The summed E-state index contributed by atoms with van der Waals surface area (Å²) < 4.78 is 0. The van der Waals surface area contributed by atoms with Gasteiger partial charge in [-0.1, -0.05) is 42.5 Å². The van der Waals surface area contributed by atoms with Crippen molar-refractivity contribution < 1.29 is 15.0 Å². The van der Waals surface area contributed by atoms with Crippen LogP contribution in [0.25, 0.3) is 0 Å². The zero-order valence-corrected chi connectivity index (χ0v) is 11.2. The molecule has 2 unspecified atom stereocenters. The maximum Gasteiger partial charge on any atom is 0.320 e. The van der Waals surface area contributed by atoms with Crippen molar-refractivity contribution in [3.8, 4) is 5.75 Å². The summed E-state index contributed by atoms with van der Waals surface area (Å²) in [5.74, 6) is -0.712. The molecule has 0 bridgehead atoms. The number of carbonyl (C=O) groups is 1. The number of carboxylic acids is 1. The van der Waals surface area contributed by atoms with Crippen molar-refractivity contribution in [2.75, 3.05) is 0 Å². The van der Waals surface area contributed by atoms with Crippen LogP contribution in [-0.4, -0.2) is 22.2 Å². The largest absolute Gasteiger partial charge is 0.508 e. The fourth-order valence-corrected chi connectivity index (χ4v) is 2.02. The molecule has 0 radical (unpaired) electrons. The molecule has 0 saturated heterocycles. The second-order valence-corrected chi connectivity index (χ2v) is 4.66. The highest BCUT2D eigenvalue weighted by molar-refractivity contribution is 5.73. The topological polar surface area (TPSA) is 69.6 Å². The third-order valence-corrected chi connectivity index (χ3v) is 3.15. The van der Waals surface area contributed by atoms with Crippen molar-refractivity contribution in [1.82, 2.24) is 5.32 Å². The highest BCUT2D eigenvalue weighted by Crippen LogP contribution is 2.24. The van der Waals surface area contributed by atoms with Gasteiger partial charge in [0.15, 0.2) is 0 Å². The Kier molecular flexibility index (Phi) is 4.38. The van der Waals surface area contributed by atoms with Gasteiger partial charge in [-0.25, -0.2) is 0 Å². The Morgan fingerprint density at radius 2 is 1.55 bits per heavy atom. The highest BCUT2D eigenvalue weighted by atomic mass is 16.4. The minimum absolute atomic E-state index is 0.187. The van der Waals surface area contributed by atoms with E-state index < -0.39 is 12.0 Å². The molecule has 20 heavy (non-hydrogen) atoms. The molecule has 2 aromatic rings. The Balaban J connectivity index is 2.34. The van der Waals surface area contributed by atoms with E-state index in [1.807, 2.05) is 30.3 Å². The van der Waals surface area contributed by atoms with Crippen LogP contribution in [0.1, 0.15) is 24.1 Å². The van der Waals surface area contributed by atoms with E-state index in [-0.39, 0.29) is 11.8 Å². The molecule has 0 amide bonds. The molecule has 2 atom stereocenters. The molecular formula is C16H17NO3. The Bertz CT molecular complexity index is 566. The van der Waals surface area contributed by atoms with E-state index in [1.165, 1.54) is 0 Å². The number of aromatic hydroxyl groups is 1. The molecule has 0 aliphatic carbocycles. The van der Waals surface area contributed by atoms with Gasteiger partial charge in [-0.15, -0.1) is 0 Å². The summed E-state index contributed by atoms with van der Waals surface area (Å²) >= 11 is 0. The maximum absolute atomic E-state index is 11.0. The lowest BCUT2D eigenvalue weighted by molar-refractivity contribution is -0.139. The van der Waals surface area contributed by atoms with Gasteiger partial charge in [0.05, 0.1) is 6.04 Å². The average Bonchev–Trinajstić information content (AvgIpc) is 2.46. The number of nitrogens with one attached hydrogen (secondary N) is 1. The van der Waals surface area contributed by atoms with E-state index in [0.29, 0.717) is 0 Å². The first-order valence-corrected chi connectivity index (χ1v) is 6.40. The van der Waals surface area contributed by atoms with Crippen molar-refractivity contribution in [3.05, 3.63) is 65.7 Å². The minimum Gasteiger partial charge on any atom is -0.508 e. The molecule has 3 N–H and O–H groups in total. The molecule has 2 rings (SSSR count). The van der Waals surface area contributed by atoms with Gasteiger partial charge in [0, 0.05) is 0 Å². The summed E-state index contributed by atoms with van der Waals surface area (Å²) in [6, 6.07) is 15.5. The van der Waals surface area contributed by atoms with Gasteiger partial charge >= 0.3 is 5.97 Å². The predicted octanol–water partition coefficient (Wildman–Crippen LogP) is 2.54. The van der Waals surface area contributed by atoms with Gasteiger partial charge in [0.2, 0.25) is 0 Å². The van der Waals surface area contributed by atoms with Gasteiger partial charge in [0.25, 0.3) is 0 Å². The van der Waals surface area contributed by atoms with Crippen LogP contribution in [0.4, 0.5) is 0 Å². The number of hydrogen-bond acceptors (Lipinski definition) is 3. The zero-order chi connectivity index (χ0) is 14.5. The number of phenolic OH excluding ortho intramolecular Hbond substituents is 1. The van der Waals surface area contributed by atoms with E-state index in [1.54, 1.807) is 31.2 Å². The molecule has 0 aromatic heterocycles. The Morgan fingerprint density at radius 3 is 2.10 bits per heavy atom. The SMILES string of the molecule is CC(NC(c1ccccc1)c1ccc(O)cc1)C(=O)O. The molecular weight excluding hydrogens is 254 g/mol. The van der Waals surface area contributed by atoms with Crippen LogP contribution in [0, 0.1) is 0 Å². The first-order valence-electron chi connectivity index (χ1n) is 6.40. The lowest BCUT2D eigenvalue weighted by Crippen LogP contribution is -2.37. The second kappa shape index (κ2) is 6.21. The third kappa shape index (κ3) is 3.36. The predicted molar refractivity (Wildman–Crippen MR) is 76.6 cm³/mol. The fraction of sp³-hybridized carbons (Fsp3) is 0.188.